The van der Waals surface area contributed by atoms with Gasteiger partial charge in [0.15, 0.2) is 5.65 Å². The first-order valence-corrected chi connectivity index (χ1v) is 13.1. The summed E-state index contributed by atoms with van der Waals surface area (Å²) in [5.74, 6) is 0.387. The minimum atomic E-state index is -0.523. The maximum absolute atomic E-state index is 13.2. The second-order valence-electron chi connectivity index (χ2n) is 9.52. The number of fused-ring (bicyclic) bond motifs is 1. The molecule has 2 heterocycles. The van der Waals surface area contributed by atoms with Crippen LogP contribution in [0.5, 0.6) is 0 Å². The molecular formula is C26H28Cl3N7O2. The van der Waals surface area contributed by atoms with Crippen molar-refractivity contribution in [1.29, 1.82) is 0 Å². The predicted octanol–water partition coefficient (Wildman–Crippen LogP) is 5.23. The Morgan fingerprint density at radius 2 is 1.71 bits per heavy atom. The summed E-state index contributed by atoms with van der Waals surface area (Å²) in [5.41, 5.74) is 8.17. The van der Waals surface area contributed by atoms with Crippen molar-refractivity contribution < 1.29 is 4.79 Å². The van der Waals surface area contributed by atoms with E-state index in [1.54, 1.807) is 12.1 Å². The molecule has 0 aliphatic heterocycles. The summed E-state index contributed by atoms with van der Waals surface area (Å²) in [6.07, 6.45) is 0.337. The minimum Gasteiger partial charge on any atom is -0.351 e. The van der Waals surface area contributed by atoms with Crippen molar-refractivity contribution in [2.45, 2.75) is 26.2 Å². The van der Waals surface area contributed by atoms with E-state index in [-0.39, 0.29) is 21.5 Å². The molecule has 2 aromatic carbocycles. The number of halogens is 3. The summed E-state index contributed by atoms with van der Waals surface area (Å²) < 4.78 is 1.50. The normalized spacial score (nSPS) is 11.6. The second kappa shape index (κ2) is 11.3. The molecule has 4 rings (SSSR count). The third-order valence-electron chi connectivity index (χ3n) is 6.01. The van der Waals surface area contributed by atoms with Gasteiger partial charge in [-0.3, -0.25) is 9.69 Å². The molecule has 3 N–H and O–H groups in total. The van der Waals surface area contributed by atoms with E-state index in [0.29, 0.717) is 58.5 Å². The van der Waals surface area contributed by atoms with Gasteiger partial charge in [0.2, 0.25) is 0 Å². The van der Waals surface area contributed by atoms with Crippen molar-refractivity contribution in [3.05, 3.63) is 78.9 Å². The summed E-state index contributed by atoms with van der Waals surface area (Å²) in [5, 5.41) is 6.00. The largest absolute Gasteiger partial charge is 0.351 e. The van der Waals surface area contributed by atoms with E-state index in [0.717, 1.165) is 5.56 Å². The van der Waals surface area contributed by atoms with Crippen LogP contribution in [-0.4, -0.2) is 57.9 Å². The van der Waals surface area contributed by atoms with E-state index in [1.807, 2.05) is 57.1 Å². The molecule has 0 saturated heterocycles. The van der Waals surface area contributed by atoms with Gasteiger partial charge in [0.05, 0.1) is 15.7 Å². The molecule has 4 aromatic rings. The Morgan fingerprint density at radius 1 is 1.08 bits per heavy atom. The minimum absolute atomic E-state index is 0.0504. The lowest BCUT2D eigenvalue weighted by atomic mass is 10.1. The van der Waals surface area contributed by atoms with Gasteiger partial charge in [0, 0.05) is 30.2 Å². The first-order valence-electron chi connectivity index (χ1n) is 11.9. The van der Waals surface area contributed by atoms with Crippen molar-refractivity contribution in [1.82, 2.24) is 24.6 Å². The molecule has 0 atom stereocenters. The average Bonchev–Trinajstić information content (AvgIpc) is 3.19. The smallest absolute Gasteiger partial charge is 0.319 e. The van der Waals surface area contributed by atoms with Crippen LogP contribution in [0.15, 0.2) is 41.2 Å². The van der Waals surface area contributed by atoms with E-state index in [9.17, 15) is 9.59 Å². The molecular weight excluding hydrogens is 549 g/mol. The Balaban J connectivity index is 1.74. The molecule has 2 aromatic heterocycles. The molecule has 0 aliphatic rings. The number of carbonyl (C=O) groups is 1. The van der Waals surface area contributed by atoms with Gasteiger partial charge in [-0.05, 0) is 49.8 Å². The Morgan fingerprint density at radius 3 is 2.26 bits per heavy atom. The zero-order valence-electron chi connectivity index (χ0n) is 21.4. The van der Waals surface area contributed by atoms with Crippen molar-refractivity contribution in [3.8, 4) is 5.69 Å². The van der Waals surface area contributed by atoms with Gasteiger partial charge in [0.25, 0.3) is 5.56 Å². The fraction of sp³-hybridized carbons (Fsp3) is 0.308. The standard InChI is InChI=1S/C26H28Cl3N7O2/c1-14(2)22-21-24(36(33-22)23-18(28)12-16(27)13-19(23)29)31-20(32-25(21)37)11-15-5-7-17(8-6-15)35(26(30)38)10-9-34(3)4/h5-8,12-14H,9-11H2,1-4H3,(H2,30,38)(H,31,32,37). The van der Waals surface area contributed by atoms with Gasteiger partial charge in [-0.2, -0.15) is 5.10 Å². The maximum Gasteiger partial charge on any atom is 0.319 e. The highest BCUT2D eigenvalue weighted by atomic mass is 35.5. The van der Waals surface area contributed by atoms with Crippen LogP contribution in [0.3, 0.4) is 0 Å². The summed E-state index contributed by atoms with van der Waals surface area (Å²) in [6.45, 7) is 5.02. The van der Waals surface area contributed by atoms with E-state index in [4.69, 9.17) is 45.5 Å². The van der Waals surface area contributed by atoms with Crippen LogP contribution in [0, 0.1) is 0 Å². The third kappa shape index (κ3) is 5.81. The Labute approximate surface area is 235 Å². The molecule has 0 saturated carbocycles. The lowest BCUT2D eigenvalue weighted by Gasteiger charge is -2.22. The highest BCUT2D eigenvalue weighted by Crippen LogP contribution is 2.34. The molecule has 0 bridgehead atoms. The number of benzene rings is 2. The Bertz CT molecular complexity index is 1520. The number of aromatic nitrogens is 4. The van der Waals surface area contributed by atoms with Crippen LogP contribution in [0.25, 0.3) is 16.7 Å². The van der Waals surface area contributed by atoms with Gasteiger partial charge in [-0.25, -0.2) is 14.5 Å². The van der Waals surface area contributed by atoms with E-state index < -0.39 is 6.03 Å². The number of rotatable bonds is 8. The topological polar surface area (TPSA) is 113 Å². The number of aromatic amines is 1. The van der Waals surface area contributed by atoms with Crippen LogP contribution >= 0.6 is 34.8 Å². The monoisotopic (exact) mass is 575 g/mol. The number of nitrogens with zero attached hydrogens (tertiary/aromatic N) is 5. The van der Waals surface area contributed by atoms with Crippen LogP contribution in [-0.2, 0) is 6.42 Å². The van der Waals surface area contributed by atoms with E-state index in [1.165, 1.54) is 9.58 Å². The SMILES string of the molecule is CC(C)c1nn(-c2c(Cl)cc(Cl)cc2Cl)c2nc(Cc3ccc(N(CCN(C)C)C(N)=O)cc3)[nH]c(=O)c12. The molecule has 12 heteroatoms. The number of carbonyl (C=O) groups excluding carboxylic acids is 1. The molecule has 200 valence electrons. The van der Waals surface area contributed by atoms with Crippen LogP contribution in [0.2, 0.25) is 15.1 Å². The number of nitrogens with one attached hydrogen (secondary N) is 1. The maximum atomic E-state index is 13.2. The molecule has 0 fully saturated rings. The number of anilines is 1. The number of amides is 2. The van der Waals surface area contributed by atoms with Crippen molar-refractivity contribution >= 4 is 57.6 Å². The molecule has 38 heavy (non-hydrogen) atoms. The predicted molar refractivity (Wildman–Crippen MR) is 153 cm³/mol. The first-order chi connectivity index (χ1) is 18.0. The quantitative estimate of drug-likeness (QED) is 0.298. The Hall–Kier alpha value is -3.11. The summed E-state index contributed by atoms with van der Waals surface area (Å²) in [7, 11) is 3.86. The molecule has 0 aliphatic carbocycles. The molecule has 0 spiro atoms. The number of primary amides is 1. The Kier molecular flexibility index (Phi) is 8.32. The van der Waals surface area contributed by atoms with E-state index >= 15 is 0 Å². The lowest BCUT2D eigenvalue weighted by molar-refractivity contribution is 0.253. The van der Waals surface area contributed by atoms with Gasteiger partial charge in [-0.15, -0.1) is 0 Å². The number of likely N-dealkylation sites (N-methyl/N-ethyl adjacent to an activating group) is 1. The zero-order valence-corrected chi connectivity index (χ0v) is 23.7. The first kappa shape index (κ1) is 27.9. The van der Waals surface area contributed by atoms with Crippen LogP contribution < -0.4 is 16.2 Å². The molecule has 0 unspecified atom stereocenters. The number of nitrogens with two attached hydrogens (primary N) is 1. The van der Waals surface area contributed by atoms with Gasteiger partial charge in [-0.1, -0.05) is 60.8 Å². The molecule has 9 nitrogen and oxygen atoms in total. The number of urea groups is 1. The zero-order chi connectivity index (χ0) is 27.7. The number of H-pyrrole nitrogens is 1. The van der Waals surface area contributed by atoms with Gasteiger partial charge in [0.1, 0.15) is 16.9 Å². The number of hydrogen-bond acceptors (Lipinski definition) is 5. The lowest BCUT2D eigenvalue weighted by Crippen LogP contribution is -2.40. The highest BCUT2D eigenvalue weighted by Gasteiger charge is 2.23. The second-order valence-corrected chi connectivity index (χ2v) is 10.8. The summed E-state index contributed by atoms with van der Waals surface area (Å²) in [6, 6.07) is 9.99. The van der Waals surface area contributed by atoms with Crippen LogP contribution in [0.1, 0.15) is 36.8 Å². The average molecular weight is 577 g/mol. The highest BCUT2D eigenvalue weighted by molar-refractivity contribution is 6.40. The van der Waals surface area contributed by atoms with Crippen LogP contribution in [0.4, 0.5) is 10.5 Å². The van der Waals surface area contributed by atoms with Gasteiger partial charge >= 0.3 is 6.03 Å². The van der Waals surface area contributed by atoms with Gasteiger partial charge < -0.3 is 15.6 Å². The van der Waals surface area contributed by atoms with E-state index in [2.05, 4.69) is 10.1 Å². The summed E-state index contributed by atoms with van der Waals surface area (Å²) >= 11 is 19.1. The van der Waals surface area contributed by atoms with Crippen molar-refractivity contribution in [2.24, 2.45) is 5.73 Å². The van der Waals surface area contributed by atoms with Crippen molar-refractivity contribution in [2.75, 3.05) is 32.1 Å². The molecule has 2 amide bonds. The fourth-order valence-electron chi connectivity index (χ4n) is 4.13. The molecule has 0 radical (unpaired) electrons. The number of hydrogen-bond donors (Lipinski definition) is 2. The fourth-order valence-corrected chi connectivity index (χ4v) is 5.11. The summed E-state index contributed by atoms with van der Waals surface area (Å²) in [4.78, 5) is 36.3. The van der Waals surface area contributed by atoms with Crippen molar-refractivity contribution in [3.63, 3.8) is 0 Å². The third-order valence-corrected chi connectivity index (χ3v) is 6.81.